The van der Waals surface area contributed by atoms with Gasteiger partial charge in [0.1, 0.15) is 5.76 Å². The lowest BCUT2D eigenvalue weighted by Crippen LogP contribution is -2.37. The van der Waals surface area contributed by atoms with E-state index in [0.29, 0.717) is 5.56 Å². The maximum atomic E-state index is 11.5. The number of nitro groups is 1. The predicted molar refractivity (Wildman–Crippen MR) is 72.2 cm³/mol. The van der Waals surface area contributed by atoms with E-state index < -0.39 is 5.54 Å². The SMILES string of the molecule is Cc1cc(C)cc(C2([N+](=O)[O-])C=CC(O)=C(N)C2)c1. The largest absolute Gasteiger partial charge is 0.506 e. The Hall–Kier alpha value is -2.30. The van der Waals surface area contributed by atoms with Gasteiger partial charge in [0.05, 0.1) is 12.1 Å². The summed E-state index contributed by atoms with van der Waals surface area (Å²) in [5.74, 6) is -0.0955. The van der Waals surface area contributed by atoms with Crippen molar-refractivity contribution in [1.29, 1.82) is 0 Å². The van der Waals surface area contributed by atoms with Gasteiger partial charge in [-0.05, 0) is 32.1 Å². The fourth-order valence-electron chi connectivity index (χ4n) is 2.42. The normalized spacial score (nSPS) is 22.6. The number of hydrogen-bond acceptors (Lipinski definition) is 4. The molecule has 19 heavy (non-hydrogen) atoms. The summed E-state index contributed by atoms with van der Waals surface area (Å²) in [6, 6.07) is 5.53. The molecule has 1 unspecified atom stereocenters. The van der Waals surface area contributed by atoms with E-state index in [2.05, 4.69) is 0 Å². The molecule has 1 atom stereocenters. The van der Waals surface area contributed by atoms with Crippen LogP contribution in [0.25, 0.3) is 0 Å². The smallest absolute Gasteiger partial charge is 0.271 e. The summed E-state index contributed by atoms with van der Waals surface area (Å²) in [7, 11) is 0. The molecule has 1 aromatic rings. The zero-order valence-corrected chi connectivity index (χ0v) is 10.9. The molecule has 0 aromatic heterocycles. The number of aliphatic hydroxyl groups is 1. The molecule has 0 aliphatic heterocycles. The molecule has 0 bridgehead atoms. The van der Waals surface area contributed by atoms with E-state index >= 15 is 0 Å². The van der Waals surface area contributed by atoms with Crippen molar-refractivity contribution in [2.75, 3.05) is 0 Å². The fraction of sp³-hybridized carbons (Fsp3) is 0.286. The van der Waals surface area contributed by atoms with Gasteiger partial charge in [-0.1, -0.05) is 17.2 Å². The van der Waals surface area contributed by atoms with Crippen molar-refractivity contribution in [2.45, 2.75) is 25.8 Å². The number of benzene rings is 1. The van der Waals surface area contributed by atoms with E-state index in [1.54, 1.807) is 12.1 Å². The van der Waals surface area contributed by atoms with Crippen molar-refractivity contribution in [2.24, 2.45) is 5.73 Å². The van der Waals surface area contributed by atoms with Crippen LogP contribution in [-0.4, -0.2) is 10.0 Å². The highest BCUT2D eigenvalue weighted by Crippen LogP contribution is 2.37. The van der Waals surface area contributed by atoms with Gasteiger partial charge in [-0.25, -0.2) is 0 Å². The molecule has 0 fully saturated rings. The van der Waals surface area contributed by atoms with Gasteiger partial charge in [0.15, 0.2) is 0 Å². The molecule has 100 valence electrons. The van der Waals surface area contributed by atoms with Crippen LogP contribution < -0.4 is 5.73 Å². The molecule has 0 amide bonds. The Bertz CT molecular complexity index is 584. The monoisotopic (exact) mass is 260 g/mol. The van der Waals surface area contributed by atoms with Crippen molar-refractivity contribution >= 4 is 0 Å². The van der Waals surface area contributed by atoms with Gasteiger partial charge in [0.25, 0.3) is 5.54 Å². The van der Waals surface area contributed by atoms with Crippen LogP contribution in [0.1, 0.15) is 23.1 Å². The lowest BCUT2D eigenvalue weighted by molar-refractivity contribution is -0.564. The first-order chi connectivity index (χ1) is 8.85. The topological polar surface area (TPSA) is 89.4 Å². The average molecular weight is 260 g/mol. The maximum absolute atomic E-state index is 11.5. The molecular weight excluding hydrogens is 244 g/mol. The molecular formula is C14H16N2O3. The van der Waals surface area contributed by atoms with Crippen LogP contribution in [0.5, 0.6) is 0 Å². The molecule has 0 saturated carbocycles. The Morgan fingerprint density at radius 1 is 1.32 bits per heavy atom. The second-order valence-electron chi connectivity index (χ2n) is 4.98. The summed E-state index contributed by atoms with van der Waals surface area (Å²) >= 11 is 0. The van der Waals surface area contributed by atoms with E-state index in [9.17, 15) is 15.2 Å². The van der Waals surface area contributed by atoms with Gasteiger partial charge < -0.3 is 10.8 Å². The van der Waals surface area contributed by atoms with Gasteiger partial charge in [-0.15, -0.1) is 0 Å². The van der Waals surface area contributed by atoms with Gasteiger partial charge in [0.2, 0.25) is 0 Å². The maximum Gasteiger partial charge on any atom is 0.271 e. The summed E-state index contributed by atoms with van der Waals surface area (Å²) in [6.45, 7) is 3.79. The third-order valence-corrected chi connectivity index (χ3v) is 3.35. The number of nitrogens with two attached hydrogens (primary N) is 1. The highest BCUT2D eigenvalue weighted by Gasteiger charge is 2.45. The molecule has 1 aliphatic rings. The lowest BCUT2D eigenvalue weighted by atomic mass is 9.81. The highest BCUT2D eigenvalue weighted by atomic mass is 16.6. The minimum absolute atomic E-state index is 0.0226. The minimum atomic E-state index is -1.40. The van der Waals surface area contributed by atoms with E-state index in [4.69, 9.17) is 5.73 Å². The minimum Gasteiger partial charge on any atom is -0.506 e. The quantitative estimate of drug-likeness (QED) is 0.631. The number of hydrogen-bond donors (Lipinski definition) is 2. The third kappa shape index (κ3) is 2.19. The molecule has 1 aromatic carbocycles. The first kappa shape index (κ1) is 13.1. The first-order valence-electron chi connectivity index (χ1n) is 5.95. The van der Waals surface area contributed by atoms with Crippen LogP contribution in [0, 0.1) is 24.0 Å². The summed E-state index contributed by atoms with van der Waals surface area (Å²) in [4.78, 5) is 11.2. The van der Waals surface area contributed by atoms with Gasteiger partial charge in [0, 0.05) is 16.6 Å². The van der Waals surface area contributed by atoms with Crippen molar-refractivity contribution in [3.05, 3.63) is 68.6 Å². The van der Waals surface area contributed by atoms with Gasteiger partial charge in [-0.3, -0.25) is 10.1 Å². The first-order valence-corrected chi connectivity index (χ1v) is 5.95. The van der Waals surface area contributed by atoms with E-state index in [1.165, 1.54) is 12.2 Å². The molecule has 1 aliphatic carbocycles. The van der Waals surface area contributed by atoms with Crippen molar-refractivity contribution in [3.63, 3.8) is 0 Å². The van der Waals surface area contributed by atoms with Crippen LogP contribution in [-0.2, 0) is 5.54 Å². The number of aliphatic hydroxyl groups excluding tert-OH is 1. The average Bonchev–Trinajstić information content (AvgIpc) is 2.31. The van der Waals surface area contributed by atoms with Crippen molar-refractivity contribution in [3.8, 4) is 0 Å². The Labute approximate surface area is 111 Å². The molecule has 2 rings (SSSR count). The van der Waals surface area contributed by atoms with Crippen LogP contribution in [0.4, 0.5) is 0 Å². The fourth-order valence-corrected chi connectivity index (χ4v) is 2.42. The van der Waals surface area contributed by atoms with Crippen LogP contribution >= 0.6 is 0 Å². The van der Waals surface area contributed by atoms with E-state index in [1.807, 2.05) is 19.9 Å². The van der Waals surface area contributed by atoms with Crippen LogP contribution in [0.3, 0.4) is 0 Å². The molecule has 0 saturated heterocycles. The third-order valence-electron chi connectivity index (χ3n) is 3.35. The zero-order chi connectivity index (χ0) is 14.2. The van der Waals surface area contributed by atoms with Gasteiger partial charge in [-0.2, -0.15) is 0 Å². The highest BCUT2D eigenvalue weighted by molar-refractivity contribution is 5.40. The molecule has 0 spiro atoms. The molecule has 0 heterocycles. The number of rotatable bonds is 2. The second kappa shape index (κ2) is 4.42. The Kier molecular flexibility index (Phi) is 3.06. The Morgan fingerprint density at radius 3 is 2.37 bits per heavy atom. The van der Waals surface area contributed by atoms with Crippen molar-refractivity contribution < 1.29 is 10.0 Å². The number of allylic oxidation sites excluding steroid dienone is 1. The van der Waals surface area contributed by atoms with E-state index in [-0.39, 0.29) is 22.8 Å². The Morgan fingerprint density at radius 2 is 1.89 bits per heavy atom. The summed E-state index contributed by atoms with van der Waals surface area (Å²) < 4.78 is 0. The second-order valence-corrected chi connectivity index (χ2v) is 4.98. The summed E-state index contributed by atoms with van der Waals surface area (Å²) in [6.07, 6.45) is 2.69. The van der Waals surface area contributed by atoms with Crippen LogP contribution in [0.2, 0.25) is 0 Å². The van der Waals surface area contributed by atoms with E-state index in [0.717, 1.165) is 11.1 Å². The Balaban J connectivity index is 2.60. The van der Waals surface area contributed by atoms with Crippen LogP contribution in [0.15, 0.2) is 41.8 Å². The summed E-state index contributed by atoms with van der Waals surface area (Å²) in [5, 5.41) is 21.0. The van der Waals surface area contributed by atoms with Crippen molar-refractivity contribution in [1.82, 2.24) is 0 Å². The lowest BCUT2D eigenvalue weighted by Gasteiger charge is -2.26. The zero-order valence-electron chi connectivity index (χ0n) is 10.9. The molecule has 5 nitrogen and oxygen atoms in total. The predicted octanol–water partition coefficient (Wildman–Crippen LogP) is 2.46. The molecule has 5 heteroatoms. The molecule has 0 radical (unpaired) electrons. The number of aryl methyl sites for hydroxylation is 2. The summed E-state index contributed by atoms with van der Waals surface area (Å²) in [5.41, 5.74) is 6.93. The number of nitrogens with zero attached hydrogens (tertiary/aromatic N) is 1. The standard InChI is InChI=1S/C14H16N2O3/c1-9-5-10(2)7-11(6-9)14(16(18)19)4-3-13(17)12(15)8-14/h3-7,17H,8,15H2,1-2H3. The van der Waals surface area contributed by atoms with Gasteiger partial charge >= 0.3 is 0 Å². The molecule has 3 N–H and O–H groups in total.